The van der Waals surface area contributed by atoms with Crippen LogP contribution in [0.15, 0.2) is 49.4 Å². The quantitative estimate of drug-likeness (QED) is 0.0499. The summed E-state index contributed by atoms with van der Waals surface area (Å²) in [5, 5.41) is 61.7. The number of ether oxygens (including phenoxy) is 3. The lowest BCUT2D eigenvalue weighted by Crippen LogP contribution is -2.40. The molecule has 0 aromatic carbocycles. The van der Waals surface area contributed by atoms with Gasteiger partial charge in [0.2, 0.25) is 5.91 Å². The number of phosphoric ester groups is 3. The summed E-state index contributed by atoms with van der Waals surface area (Å²) in [6.07, 6.45) is -7.37. The number of nitrogens with two attached hydrogens (primary N) is 3. The highest BCUT2D eigenvalue weighted by Gasteiger charge is 2.49. The Bertz CT molecular complexity index is 2650. The van der Waals surface area contributed by atoms with Crippen LogP contribution >= 0.6 is 23.5 Å². The summed E-state index contributed by atoms with van der Waals surface area (Å²) in [5.74, 6) is -0.516. The fraction of sp³-hybridized carbons (Fsp3) is 0.516. The lowest BCUT2D eigenvalue weighted by molar-refractivity contribution is -0.115. The average Bonchev–Trinajstić information content (AvgIpc) is 4.08. The Morgan fingerprint density at radius 2 is 1.06 bits per heavy atom. The van der Waals surface area contributed by atoms with Crippen molar-refractivity contribution in [3.8, 4) is 0 Å². The van der Waals surface area contributed by atoms with Crippen LogP contribution in [0.5, 0.6) is 0 Å². The Balaban J connectivity index is 0.000000242. The van der Waals surface area contributed by atoms with Gasteiger partial charge in [-0.25, -0.2) is 43.6 Å². The Labute approximate surface area is 374 Å². The smallest absolute Gasteiger partial charge is 0.387 e. The number of rotatable bonds is 15. The van der Waals surface area contributed by atoms with E-state index in [0.29, 0.717) is 5.52 Å². The van der Waals surface area contributed by atoms with Crippen LogP contribution in [0.25, 0.3) is 22.3 Å². The number of carbonyl (C=O) groups is 1. The zero-order chi connectivity index (χ0) is 48.7. The van der Waals surface area contributed by atoms with Crippen molar-refractivity contribution < 1.29 is 101 Å². The molecular weight excluding hydrogens is 969 g/mol. The maximum atomic E-state index is 12.4. The fourth-order valence-electron chi connectivity index (χ4n) is 7.00. The summed E-state index contributed by atoms with van der Waals surface area (Å²) in [4.78, 5) is 73.8. The van der Waals surface area contributed by atoms with Crippen molar-refractivity contribution in [3.63, 3.8) is 0 Å². The first-order chi connectivity index (χ1) is 31.4. The maximum absolute atomic E-state index is 12.4. The number of aliphatic hydroxyl groups excluding tert-OH is 6. The summed E-state index contributed by atoms with van der Waals surface area (Å²) in [5.41, 5.74) is 17.8. The number of allylic oxidation sites excluding steroid dienone is 1. The fourth-order valence-corrected chi connectivity index (χ4v) is 9.43. The molecule has 2 unspecified atom stereocenters. The molecule has 33 nitrogen and oxygen atoms in total. The van der Waals surface area contributed by atoms with Crippen LogP contribution in [0.3, 0.4) is 0 Å². The van der Waals surface area contributed by atoms with Crippen molar-refractivity contribution in [1.29, 1.82) is 0 Å². The number of carbonyl (C=O) groups excluding carboxylic acids is 1. The second kappa shape index (κ2) is 19.8. The third-order valence-electron chi connectivity index (χ3n) is 10.3. The van der Waals surface area contributed by atoms with Crippen molar-refractivity contribution >= 4 is 63.3 Å². The van der Waals surface area contributed by atoms with Gasteiger partial charge < -0.3 is 86.5 Å². The molecule has 3 saturated heterocycles. The number of amides is 1. The minimum atomic E-state index is -5.37. The van der Waals surface area contributed by atoms with Crippen LogP contribution < -0.4 is 17.2 Å². The number of nitrogens with zero attached hydrogens (tertiary/aromatic N) is 9. The van der Waals surface area contributed by atoms with E-state index in [0.717, 1.165) is 6.33 Å². The minimum Gasteiger partial charge on any atom is -0.387 e. The van der Waals surface area contributed by atoms with Crippen LogP contribution in [0.1, 0.15) is 18.9 Å². The standard InChI is InChI=1S/C21H29N7O14P2.C10H14N5O7P/c22-17-12-19(25-7-24-17)28(8-26-12)21-16(32)14(30)11(41-21)6-39-44(36,37)42-43(34,35)38-5-10-13(29)15(31)20(40-10)27-3-1-2-9(4-27)18(23)33;11-8-5-9(13-2-12-8)15(3-14-5)10-7(17)6(16)4(22-10)1-21-23(18,19)20/h1,3-4,7-8,10-11,13-16,20-21,29-32H,2,5-6H2,(H2,23,33)(H,34,35)(H,36,37)(H2,22,24,25);2-4,6-7,10,16-17H,1H2,(H2,11,12,13)(H2,18,19,20)/t10-,11-,13-,14-,15-,16-,20-,21-;4-,6-,7-,10-/m11/s1. The summed E-state index contributed by atoms with van der Waals surface area (Å²) in [6, 6.07) is 0. The van der Waals surface area contributed by atoms with E-state index < -0.39 is 123 Å². The molecule has 36 heteroatoms. The van der Waals surface area contributed by atoms with Gasteiger partial charge in [-0.15, -0.1) is 0 Å². The van der Waals surface area contributed by atoms with Crippen LogP contribution in [0, 0.1) is 0 Å². The number of nitrogen functional groups attached to an aromatic ring is 2. The van der Waals surface area contributed by atoms with Crippen molar-refractivity contribution in [2.24, 2.45) is 5.73 Å². The van der Waals surface area contributed by atoms with Crippen molar-refractivity contribution in [2.75, 3.05) is 31.3 Å². The normalized spacial score (nSPS) is 31.7. The van der Waals surface area contributed by atoms with Gasteiger partial charge in [0.15, 0.2) is 41.6 Å². The lowest BCUT2D eigenvalue weighted by Gasteiger charge is -2.28. The number of hydrogen-bond donors (Lipinski definition) is 13. The molecule has 4 aliphatic rings. The first-order valence-electron chi connectivity index (χ1n) is 19.2. The van der Waals surface area contributed by atoms with E-state index in [9.17, 15) is 58.9 Å². The van der Waals surface area contributed by atoms with E-state index >= 15 is 0 Å². The number of hydrogen-bond acceptors (Lipinski definition) is 26. The number of aromatic nitrogens is 8. The molecule has 14 atom stereocenters. The molecule has 8 heterocycles. The molecule has 0 radical (unpaired) electrons. The van der Waals surface area contributed by atoms with Gasteiger partial charge >= 0.3 is 23.5 Å². The number of imidazole rings is 2. The summed E-state index contributed by atoms with van der Waals surface area (Å²) >= 11 is 0. The molecule has 16 N–H and O–H groups in total. The SMILES string of the molecule is NC(=O)C1=CN([C@@H]2O[C@H](COP(=O)(O)OP(=O)(O)OC[C@H]3O[C@@H](n4cnc5c(N)ncnc54)[C@H](O)[C@@H]3O)[C@@H](O)[C@H]2O)C=CC1.Nc1ncnc2c1ncn2[C@@H]1O[C@H](COP(=O)(O)O)[C@@H](O)[C@H]1O. The lowest BCUT2D eigenvalue weighted by atomic mass is 10.1. The molecule has 0 saturated carbocycles. The Kier molecular flexibility index (Phi) is 14.9. The molecule has 4 aliphatic heterocycles. The van der Waals surface area contributed by atoms with Gasteiger partial charge in [0.1, 0.15) is 78.6 Å². The summed E-state index contributed by atoms with van der Waals surface area (Å²) in [7, 11) is -15.4. The van der Waals surface area contributed by atoms with Gasteiger partial charge in [0, 0.05) is 18.0 Å². The Morgan fingerprint density at radius 1 is 0.642 bits per heavy atom. The molecule has 67 heavy (non-hydrogen) atoms. The summed E-state index contributed by atoms with van der Waals surface area (Å²) in [6.45, 7) is -2.38. The van der Waals surface area contributed by atoms with E-state index in [1.807, 2.05) is 0 Å². The monoisotopic (exact) mass is 1010 g/mol. The van der Waals surface area contributed by atoms with E-state index in [4.69, 9.17) is 50.2 Å². The van der Waals surface area contributed by atoms with Gasteiger partial charge in [0.25, 0.3) is 0 Å². The molecule has 368 valence electrons. The third kappa shape index (κ3) is 11.2. The molecule has 0 spiro atoms. The van der Waals surface area contributed by atoms with Crippen LogP contribution in [-0.4, -0.2) is 181 Å². The molecule has 3 fully saturated rings. The van der Waals surface area contributed by atoms with Crippen LogP contribution in [-0.2, 0) is 50.6 Å². The van der Waals surface area contributed by atoms with Crippen LogP contribution in [0.4, 0.5) is 11.6 Å². The molecule has 4 aromatic rings. The molecular formula is C31H43N12O21P3. The maximum Gasteiger partial charge on any atom is 0.481 e. The van der Waals surface area contributed by atoms with E-state index in [2.05, 4.69) is 38.7 Å². The number of aliphatic hydroxyl groups is 6. The number of fused-ring (bicyclic) bond motifs is 2. The number of anilines is 2. The zero-order valence-electron chi connectivity index (χ0n) is 33.9. The molecule has 1 amide bonds. The van der Waals surface area contributed by atoms with E-state index in [1.165, 1.54) is 45.4 Å². The molecule has 8 rings (SSSR count). The first kappa shape index (κ1) is 50.3. The molecule has 0 aliphatic carbocycles. The van der Waals surface area contributed by atoms with E-state index in [1.54, 1.807) is 6.08 Å². The van der Waals surface area contributed by atoms with Crippen molar-refractivity contribution in [3.05, 3.63) is 49.4 Å². The largest absolute Gasteiger partial charge is 0.481 e. The summed E-state index contributed by atoms with van der Waals surface area (Å²) < 4.78 is 72.6. The van der Waals surface area contributed by atoms with E-state index in [-0.39, 0.29) is 40.4 Å². The Hall–Kier alpha value is -4.54. The third-order valence-corrected chi connectivity index (χ3v) is 13.4. The topological polar surface area (TPSA) is 504 Å². The second-order valence-corrected chi connectivity index (χ2v) is 19.0. The van der Waals surface area contributed by atoms with Gasteiger partial charge in [-0.3, -0.25) is 27.5 Å². The molecule has 0 bridgehead atoms. The van der Waals surface area contributed by atoms with Gasteiger partial charge in [-0.2, -0.15) is 4.31 Å². The van der Waals surface area contributed by atoms with Gasteiger partial charge in [-0.1, -0.05) is 6.08 Å². The Morgan fingerprint density at radius 3 is 1.49 bits per heavy atom. The minimum absolute atomic E-state index is 0.0517. The van der Waals surface area contributed by atoms with Gasteiger partial charge in [0.05, 0.1) is 32.5 Å². The van der Waals surface area contributed by atoms with Crippen molar-refractivity contribution in [2.45, 2.75) is 80.0 Å². The highest BCUT2D eigenvalue weighted by atomic mass is 31.3. The predicted octanol–water partition coefficient (Wildman–Crippen LogP) is -4.55. The van der Waals surface area contributed by atoms with Crippen molar-refractivity contribution in [1.82, 2.24) is 43.9 Å². The predicted molar refractivity (Wildman–Crippen MR) is 216 cm³/mol. The zero-order valence-corrected chi connectivity index (χ0v) is 36.5. The average molecular weight is 1010 g/mol. The molecule has 4 aromatic heterocycles. The highest BCUT2D eigenvalue weighted by Crippen LogP contribution is 2.61. The van der Waals surface area contributed by atoms with Crippen LogP contribution in [0.2, 0.25) is 0 Å². The first-order valence-corrected chi connectivity index (χ1v) is 23.7. The highest BCUT2D eigenvalue weighted by molar-refractivity contribution is 7.61. The number of phosphoric acid groups is 3. The number of primary amides is 1. The van der Waals surface area contributed by atoms with Gasteiger partial charge in [-0.05, 0) is 6.42 Å². The second-order valence-electron chi connectivity index (χ2n) is 14.8.